The summed E-state index contributed by atoms with van der Waals surface area (Å²) in [6.45, 7) is 3.51. The first-order valence-corrected chi connectivity index (χ1v) is 9.30. The van der Waals surface area contributed by atoms with E-state index in [1.54, 1.807) is 17.4 Å². The van der Waals surface area contributed by atoms with Gasteiger partial charge in [-0.1, -0.05) is 49.1 Å². The highest BCUT2D eigenvalue weighted by atomic mass is 32.1. The van der Waals surface area contributed by atoms with Gasteiger partial charge < -0.3 is 5.11 Å². The van der Waals surface area contributed by atoms with E-state index in [0.717, 1.165) is 17.2 Å². The number of carboxylic acid groups (broad SMARTS) is 1. The molecule has 1 atom stereocenters. The second kappa shape index (κ2) is 6.48. The zero-order valence-electron chi connectivity index (χ0n) is 14.3. The van der Waals surface area contributed by atoms with E-state index in [1.807, 2.05) is 41.8 Å². The smallest absolute Gasteiger partial charge is 0.357 e. The quantitative estimate of drug-likeness (QED) is 0.698. The van der Waals surface area contributed by atoms with Crippen molar-refractivity contribution in [2.75, 3.05) is 0 Å². The Kier molecular flexibility index (Phi) is 4.12. The number of benzene rings is 1. The summed E-state index contributed by atoms with van der Waals surface area (Å²) in [7, 11) is 0. The molecular weight excluding hydrogens is 360 g/mol. The van der Waals surface area contributed by atoms with Crippen LogP contribution >= 0.6 is 11.3 Å². The van der Waals surface area contributed by atoms with Crippen LogP contribution in [0.15, 0.2) is 65.9 Å². The minimum atomic E-state index is -1.16. The number of hydrogen-bond donors (Lipinski definition) is 1. The van der Waals surface area contributed by atoms with Gasteiger partial charge in [-0.3, -0.25) is 4.79 Å². The number of hydrogen-bond acceptors (Lipinski definition) is 4. The Hall–Kier alpha value is -3.25. The third-order valence-electron chi connectivity index (χ3n) is 4.91. The molecule has 0 bridgehead atoms. The van der Waals surface area contributed by atoms with Crippen LogP contribution in [0.5, 0.6) is 0 Å². The molecule has 0 fully saturated rings. The zero-order valence-corrected chi connectivity index (χ0v) is 15.1. The fourth-order valence-electron chi connectivity index (χ4n) is 3.60. The summed E-state index contributed by atoms with van der Waals surface area (Å²) in [5.74, 6) is -1.60. The van der Waals surface area contributed by atoms with Crippen molar-refractivity contribution in [3.05, 3.63) is 94.0 Å². The number of aromatic carboxylic acids is 1. The van der Waals surface area contributed by atoms with Crippen LogP contribution in [0.3, 0.4) is 0 Å². The lowest BCUT2D eigenvalue weighted by Gasteiger charge is -2.34. The molecule has 0 saturated heterocycles. The minimum absolute atomic E-state index is 0.122. The Bertz CT molecular complexity index is 1060. The van der Waals surface area contributed by atoms with Crippen molar-refractivity contribution in [1.29, 1.82) is 0 Å². The van der Waals surface area contributed by atoms with Gasteiger partial charge in [-0.25, -0.2) is 4.79 Å². The summed E-state index contributed by atoms with van der Waals surface area (Å²) in [4.78, 5) is 23.9. The van der Waals surface area contributed by atoms with Crippen LogP contribution in [0.4, 0.5) is 0 Å². The predicted octanol–water partition coefficient (Wildman–Crippen LogP) is 4.02. The number of carbonyl (C=O) groups excluding carboxylic acids is 1. The second-order valence-corrected chi connectivity index (χ2v) is 7.11. The van der Waals surface area contributed by atoms with Gasteiger partial charge in [-0.2, -0.15) is 21.1 Å². The molecule has 4 rings (SSSR count). The van der Waals surface area contributed by atoms with Gasteiger partial charge in [0.1, 0.15) is 0 Å². The first-order valence-electron chi connectivity index (χ1n) is 8.36. The zero-order chi connectivity index (χ0) is 19.0. The fourth-order valence-corrected chi connectivity index (χ4v) is 4.34. The van der Waals surface area contributed by atoms with Gasteiger partial charge in [0, 0.05) is 17.4 Å². The van der Waals surface area contributed by atoms with Crippen molar-refractivity contribution in [3.8, 4) is 0 Å². The average molecular weight is 376 g/mol. The maximum Gasteiger partial charge on any atom is 0.357 e. The van der Waals surface area contributed by atoms with E-state index in [4.69, 9.17) is 0 Å². The summed E-state index contributed by atoms with van der Waals surface area (Å²) in [6.07, 6.45) is 5.36. The van der Waals surface area contributed by atoms with Gasteiger partial charge in [0.2, 0.25) is 0 Å². The van der Waals surface area contributed by atoms with E-state index >= 15 is 0 Å². The number of carboxylic acids is 1. The van der Waals surface area contributed by atoms with Crippen molar-refractivity contribution in [1.82, 2.24) is 9.78 Å². The Labute approximate surface area is 159 Å². The predicted molar refractivity (Wildman–Crippen MR) is 104 cm³/mol. The molecule has 134 valence electrons. The number of allylic oxidation sites excluding steroid dienone is 2. The van der Waals surface area contributed by atoms with Crippen LogP contribution in [0.2, 0.25) is 0 Å². The van der Waals surface area contributed by atoms with Gasteiger partial charge in [-0.05, 0) is 34.0 Å². The number of rotatable bonds is 4. The van der Waals surface area contributed by atoms with Gasteiger partial charge in [0.05, 0.1) is 5.69 Å². The second-order valence-electron chi connectivity index (χ2n) is 6.33. The van der Waals surface area contributed by atoms with Crippen molar-refractivity contribution < 1.29 is 14.7 Å². The Morgan fingerprint density at radius 2 is 2.00 bits per heavy atom. The molecule has 0 radical (unpaired) electrons. The molecule has 0 aliphatic heterocycles. The van der Waals surface area contributed by atoms with Crippen molar-refractivity contribution in [2.45, 2.75) is 11.8 Å². The maximum atomic E-state index is 12.3. The molecule has 2 aromatic heterocycles. The highest BCUT2D eigenvalue weighted by Gasteiger charge is 2.39. The van der Waals surface area contributed by atoms with E-state index in [-0.39, 0.29) is 5.69 Å². The number of fused-ring (bicyclic) bond motifs is 1. The van der Waals surface area contributed by atoms with Gasteiger partial charge in [0.25, 0.3) is 5.91 Å². The van der Waals surface area contributed by atoms with Crippen molar-refractivity contribution >= 4 is 29.3 Å². The third-order valence-corrected chi connectivity index (χ3v) is 5.60. The number of thiophene rings is 1. The number of carbonyl (C=O) groups is 2. The van der Waals surface area contributed by atoms with Gasteiger partial charge >= 0.3 is 5.97 Å². The van der Waals surface area contributed by atoms with E-state index in [0.29, 0.717) is 17.7 Å². The Morgan fingerprint density at radius 1 is 1.22 bits per heavy atom. The molecule has 1 aliphatic carbocycles. The summed E-state index contributed by atoms with van der Waals surface area (Å²) in [6, 6.07) is 12.0. The van der Waals surface area contributed by atoms with Crippen molar-refractivity contribution in [3.63, 3.8) is 0 Å². The first kappa shape index (κ1) is 17.2. The number of nitrogens with zero attached hydrogens (tertiary/aromatic N) is 2. The summed E-state index contributed by atoms with van der Waals surface area (Å²) in [5, 5.41) is 17.6. The molecule has 5 nitrogen and oxygen atoms in total. The molecule has 27 heavy (non-hydrogen) atoms. The fraction of sp³-hybridized carbons (Fsp3) is 0.0952. The molecule has 1 aromatic carbocycles. The van der Waals surface area contributed by atoms with E-state index in [1.165, 1.54) is 4.68 Å². The largest absolute Gasteiger partial charge is 0.476 e. The lowest BCUT2D eigenvalue weighted by atomic mass is 9.69. The summed E-state index contributed by atoms with van der Waals surface area (Å²) in [5.41, 5.74) is 2.60. The minimum Gasteiger partial charge on any atom is -0.476 e. The van der Waals surface area contributed by atoms with Crippen molar-refractivity contribution in [2.24, 2.45) is 0 Å². The van der Waals surface area contributed by atoms with Crippen LogP contribution in [0.25, 0.3) is 6.08 Å². The standard InChI is InChI=1S/C21H16N2O3S/c1-2-18(24)23-17-12-21(15-9-11-27-13-15,14-6-4-3-5-7-14)10-8-16(17)19(22-23)20(25)26/h2-11,13H,1,12H2,(H,25,26). The molecule has 0 saturated carbocycles. The first-order chi connectivity index (χ1) is 13.1. The normalized spacial score (nSPS) is 18.1. The molecular formula is C21H16N2O3S. The van der Waals surface area contributed by atoms with Gasteiger partial charge in [0.15, 0.2) is 5.69 Å². The van der Waals surface area contributed by atoms with Gasteiger partial charge in [-0.15, -0.1) is 0 Å². The third kappa shape index (κ3) is 2.65. The van der Waals surface area contributed by atoms with Crippen LogP contribution < -0.4 is 0 Å². The summed E-state index contributed by atoms with van der Waals surface area (Å²) < 4.78 is 1.17. The van der Waals surface area contributed by atoms with Crippen LogP contribution in [-0.2, 0) is 11.8 Å². The molecule has 1 unspecified atom stereocenters. The topological polar surface area (TPSA) is 72.2 Å². The Balaban J connectivity index is 1.96. The van der Waals surface area contributed by atoms with Crippen LogP contribution in [0.1, 0.15) is 37.7 Å². The maximum absolute atomic E-state index is 12.3. The molecule has 2 heterocycles. The molecule has 3 aromatic rings. The molecule has 1 aliphatic rings. The molecule has 0 spiro atoms. The van der Waals surface area contributed by atoms with Crippen LogP contribution in [0, 0.1) is 0 Å². The lowest BCUT2D eigenvalue weighted by Crippen LogP contribution is -2.32. The molecule has 1 N–H and O–H groups in total. The SMILES string of the molecule is C=CC(=O)n1nc(C(=O)O)c2c1CC(c1ccccc1)(c1ccsc1)C=C2. The Morgan fingerprint density at radius 3 is 2.63 bits per heavy atom. The molecule has 6 heteroatoms. The highest BCUT2D eigenvalue weighted by Crippen LogP contribution is 2.43. The lowest BCUT2D eigenvalue weighted by molar-refractivity contribution is 0.0689. The van der Waals surface area contributed by atoms with E-state index < -0.39 is 17.3 Å². The highest BCUT2D eigenvalue weighted by molar-refractivity contribution is 7.08. The van der Waals surface area contributed by atoms with E-state index in [2.05, 4.69) is 23.1 Å². The van der Waals surface area contributed by atoms with Crippen LogP contribution in [-0.4, -0.2) is 26.8 Å². The number of aromatic nitrogens is 2. The van der Waals surface area contributed by atoms with E-state index in [9.17, 15) is 14.7 Å². The average Bonchev–Trinajstić information content (AvgIpc) is 3.36. The monoisotopic (exact) mass is 376 g/mol. The molecule has 0 amide bonds. The summed E-state index contributed by atoms with van der Waals surface area (Å²) >= 11 is 1.60.